The molecule has 2 aromatic rings. The van der Waals surface area contributed by atoms with E-state index in [2.05, 4.69) is 5.32 Å². The first-order valence-electron chi connectivity index (χ1n) is 8.43. The van der Waals surface area contributed by atoms with Crippen LogP contribution in [0.25, 0.3) is 5.57 Å². The number of carbonyl (C=O) groups is 2. The molecule has 27 heavy (non-hydrogen) atoms. The number of hydrogen-bond acceptors (Lipinski definition) is 4. The molecule has 140 valence electrons. The van der Waals surface area contributed by atoms with Gasteiger partial charge in [-0.1, -0.05) is 48.3 Å². The molecule has 0 saturated carbocycles. The lowest BCUT2D eigenvalue weighted by Gasteiger charge is -2.14. The third-order valence-corrected chi connectivity index (χ3v) is 4.73. The van der Waals surface area contributed by atoms with Crippen molar-refractivity contribution in [1.29, 1.82) is 0 Å². The van der Waals surface area contributed by atoms with Crippen LogP contribution in [0.15, 0.2) is 48.2 Å². The van der Waals surface area contributed by atoms with Gasteiger partial charge in [0.05, 0.1) is 23.4 Å². The number of ether oxygens (including phenoxy) is 1. The van der Waals surface area contributed by atoms with Crippen LogP contribution in [0.5, 0.6) is 5.75 Å². The highest BCUT2D eigenvalue weighted by atomic mass is 35.5. The number of anilines is 1. The van der Waals surface area contributed by atoms with Gasteiger partial charge in [-0.2, -0.15) is 0 Å². The van der Waals surface area contributed by atoms with Gasteiger partial charge >= 0.3 is 0 Å². The van der Waals surface area contributed by atoms with Gasteiger partial charge in [0.15, 0.2) is 0 Å². The van der Waals surface area contributed by atoms with Gasteiger partial charge in [0.25, 0.3) is 11.8 Å². The Morgan fingerprint density at radius 3 is 2.48 bits per heavy atom. The number of nitrogens with one attached hydrogen (secondary N) is 1. The molecule has 5 nitrogen and oxygen atoms in total. The Balaban J connectivity index is 2.14. The summed E-state index contributed by atoms with van der Waals surface area (Å²) in [6.45, 7) is 2.23. The Bertz CT molecular complexity index is 941. The lowest BCUT2D eigenvalue weighted by molar-refractivity contribution is -0.136. The number of para-hydroxylation sites is 2. The minimum atomic E-state index is -0.395. The van der Waals surface area contributed by atoms with Crippen LogP contribution in [-0.2, 0) is 9.59 Å². The number of methoxy groups -OCH3 is 1. The Kier molecular flexibility index (Phi) is 5.73. The number of nitrogens with zero attached hydrogens (tertiary/aromatic N) is 1. The fraction of sp³-hybridized carbons (Fsp3) is 0.200. The molecular formula is C20H18Cl2N2O3. The predicted molar refractivity (Wildman–Crippen MR) is 107 cm³/mol. The summed E-state index contributed by atoms with van der Waals surface area (Å²) in [5.74, 6) is -0.224. The summed E-state index contributed by atoms with van der Waals surface area (Å²) in [6.07, 6.45) is 0.654. The maximum absolute atomic E-state index is 13.0. The van der Waals surface area contributed by atoms with E-state index < -0.39 is 5.91 Å². The van der Waals surface area contributed by atoms with E-state index in [1.54, 1.807) is 30.3 Å². The topological polar surface area (TPSA) is 58.6 Å². The normalized spacial score (nSPS) is 14.1. The van der Waals surface area contributed by atoms with Gasteiger partial charge < -0.3 is 10.1 Å². The molecule has 0 bridgehead atoms. The van der Waals surface area contributed by atoms with Gasteiger partial charge in [-0.15, -0.1) is 0 Å². The van der Waals surface area contributed by atoms with Crippen LogP contribution >= 0.6 is 23.2 Å². The summed E-state index contributed by atoms with van der Waals surface area (Å²) >= 11 is 12.3. The molecular weight excluding hydrogens is 387 g/mol. The van der Waals surface area contributed by atoms with Crippen molar-refractivity contribution in [3.05, 3.63) is 63.8 Å². The first kappa shape index (κ1) is 19.3. The number of hydrogen-bond donors (Lipinski definition) is 1. The molecule has 0 spiro atoms. The quantitative estimate of drug-likeness (QED) is 0.714. The van der Waals surface area contributed by atoms with Crippen LogP contribution in [0.2, 0.25) is 10.0 Å². The molecule has 0 fully saturated rings. The number of halogens is 2. The molecule has 1 heterocycles. The lowest BCUT2D eigenvalue weighted by atomic mass is 10.0. The standard InChI is InChI=1S/C20H18Cl2N2O3/c1-3-10-24-19(25)17(13-9-8-12(21)11-14(13)22)18(20(24)26)23-15-6-4-5-7-16(15)27-2/h4-9,11,23H,3,10H2,1-2H3. The van der Waals surface area contributed by atoms with Crippen molar-refractivity contribution in [1.82, 2.24) is 4.90 Å². The Hall–Kier alpha value is -2.50. The SMILES string of the molecule is CCCN1C(=O)C(Nc2ccccc2OC)=C(c2ccc(Cl)cc2Cl)C1=O. The molecule has 7 heteroatoms. The second kappa shape index (κ2) is 8.03. The number of rotatable bonds is 6. The third-order valence-electron chi connectivity index (χ3n) is 4.18. The van der Waals surface area contributed by atoms with Gasteiger partial charge in [0.1, 0.15) is 11.4 Å². The highest BCUT2D eigenvalue weighted by molar-refractivity contribution is 6.41. The van der Waals surface area contributed by atoms with Gasteiger partial charge in [-0.05, 0) is 30.7 Å². The predicted octanol–water partition coefficient (Wildman–Crippen LogP) is 4.60. The lowest BCUT2D eigenvalue weighted by Crippen LogP contribution is -2.33. The van der Waals surface area contributed by atoms with E-state index in [1.807, 2.05) is 19.1 Å². The molecule has 1 N–H and O–H groups in total. The Morgan fingerprint density at radius 2 is 1.81 bits per heavy atom. The summed E-state index contributed by atoms with van der Waals surface area (Å²) in [6, 6.07) is 12.0. The van der Waals surface area contributed by atoms with E-state index in [-0.39, 0.29) is 17.2 Å². The average molecular weight is 405 g/mol. The van der Waals surface area contributed by atoms with Crippen molar-refractivity contribution in [3.8, 4) is 5.75 Å². The van der Waals surface area contributed by atoms with Gasteiger partial charge in [0, 0.05) is 17.1 Å². The summed E-state index contributed by atoms with van der Waals surface area (Å²) in [5.41, 5.74) is 1.43. The molecule has 3 rings (SSSR count). The van der Waals surface area contributed by atoms with Crippen LogP contribution in [-0.4, -0.2) is 30.4 Å². The number of benzene rings is 2. The highest BCUT2D eigenvalue weighted by Crippen LogP contribution is 2.36. The van der Waals surface area contributed by atoms with Crippen molar-refractivity contribution < 1.29 is 14.3 Å². The molecule has 1 aliphatic rings. The second-order valence-electron chi connectivity index (χ2n) is 5.96. The molecule has 2 amide bonds. The second-order valence-corrected chi connectivity index (χ2v) is 6.81. The van der Waals surface area contributed by atoms with Crippen LogP contribution in [0.4, 0.5) is 5.69 Å². The zero-order valence-corrected chi connectivity index (χ0v) is 16.4. The van der Waals surface area contributed by atoms with E-state index in [1.165, 1.54) is 12.0 Å². The molecule has 0 radical (unpaired) electrons. The summed E-state index contributed by atoms with van der Waals surface area (Å²) in [4.78, 5) is 27.1. The fourth-order valence-electron chi connectivity index (χ4n) is 2.94. The zero-order chi connectivity index (χ0) is 19.6. The first-order chi connectivity index (χ1) is 13.0. The van der Waals surface area contributed by atoms with Crippen molar-refractivity contribution in [3.63, 3.8) is 0 Å². The molecule has 1 aliphatic heterocycles. The minimum absolute atomic E-state index is 0.169. The Morgan fingerprint density at radius 1 is 1.07 bits per heavy atom. The largest absolute Gasteiger partial charge is 0.495 e. The van der Waals surface area contributed by atoms with Gasteiger partial charge in [-0.25, -0.2) is 0 Å². The highest BCUT2D eigenvalue weighted by Gasteiger charge is 2.39. The van der Waals surface area contributed by atoms with E-state index in [0.717, 1.165) is 0 Å². The summed E-state index contributed by atoms with van der Waals surface area (Å²) in [7, 11) is 1.54. The molecule has 0 saturated heterocycles. The molecule has 0 aromatic heterocycles. The van der Waals surface area contributed by atoms with Crippen LogP contribution in [0.1, 0.15) is 18.9 Å². The number of carbonyl (C=O) groups excluding carboxylic acids is 2. The van der Waals surface area contributed by atoms with Crippen molar-refractivity contribution in [2.45, 2.75) is 13.3 Å². The maximum atomic E-state index is 13.0. The number of amides is 2. The first-order valence-corrected chi connectivity index (χ1v) is 9.19. The van der Waals surface area contributed by atoms with Gasteiger partial charge in [0.2, 0.25) is 0 Å². The van der Waals surface area contributed by atoms with Crippen LogP contribution in [0, 0.1) is 0 Å². The molecule has 0 unspecified atom stereocenters. The summed E-state index contributed by atoms with van der Waals surface area (Å²) in [5, 5.41) is 3.82. The van der Waals surface area contributed by atoms with Gasteiger partial charge in [-0.3, -0.25) is 14.5 Å². The van der Waals surface area contributed by atoms with E-state index in [4.69, 9.17) is 27.9 Å². The van der Waals surface area contributed by atoms with E-state index in [9.17, 15) is 9.59 Å². The zero-order valence-electron chi connectivity index (χ0n) is 14.9. The van der Waals surface area contributed by atoms with E-state index >= 15 is 0 Å². The molecule has 2 aromatic carbocycles. The summed E-state index contributed by atoms with van der Waals surface area (Å²) < 4.78 is 5.33. The van der Waals surface area contributed by atoms with Crippen LogP contribution in [0.3, 0.4) is 0 Å². The monoisotopic (exact) mass is 404 g/mol. The average Bonchev–Trinajstić information content (AvgIpc) is 2.87. The third kappa shape index (κ3) is 3.66. The minimum Gasteiger partial charge on any atom is -0.495 e. The van der Waals surface area contributed by atoms with Crippen molar-refractivity contribution >= 4 is 46.3 Å². The maximum Gasteiger partial charge on any atom is 0.278 e. The van der Waals surface area contributed by atoms with E-state index in [0.29, 0.717) is 40.0 Å². The van der Waals surface area contributed by atoms with Crippen LogP contribution < -0.4 is 10.1 Å². The van der Waals surface area contributed by atoms with Crippen molar-refractivity contribution in [2.75, 3.05) is 19.0 Å². The Labute approximate surface area is 167 Å². The number of imide groups is 1. The molecule has 0 aliphatic carbocycles. The smallest absolute Gasteiger partial charge is 0.278 e. The molecule has 0 atom stereocenters. The van der Waals surface area contributed by atoms with Crippen molar-refractivity contribution in [2.24, 2.45) is 0 Å². The fourth-order valence-corrected chi connectivity index (χ4v) is 3.45.